The molecule has 50 heteroatoms. The Morgan fingerprint density at radius 3 is 0.987 bits per heavy atom. The molecule has 0 radical (unpaired) electrons. The summed E-state index contributed by atoms with van der Waals surface area (Å²) >= 11 is 15.3. The van der Waals surface area contributed by atoms with Crippen LogP contribution in [0.1, 0.15) is 112 Å². The second kappa shape index (κ2) is 44.5. The van der Waals surface area contributed by atoms with Crippen LogP contribution in [-0.4, -0.2) is 191 Å². The molecular weight excluding hydrogens is 2150 g/mol. The van der Waals surface area contributed by atoms with Gasteiger partial charge < -0.3 is 111 Å². The minimum atomic E-state index is -4.00. The molecule has 0 aliphatic carbocycles. The summed E-state index contributed by atoms with van der Waals surface area (Å²) < 4.78 is 164. The molecule has 798 valence electrons. The van der Waals surface area contributed by atoms with Crippen LogP contribution >= 0.6 is 69.2 Å². The van der Waals surface area contributed by atoms with Gasteiger partial charge in [0.2, 0.25) is 10.0 Å². The highest BCUT2D eigenvalue weighted by molar-refractivity contribution is 9.10. The van der Waals surface area contributed by atoms with Gasteiger partial charge in [0.15, 0.2) is 43.2 Å². The smallest absolute Gasteiger partial charge is 0.348 e. The number of primary amides is 3. The number of aliphatic hydroxyl groups is 4. The zero-order chi connectivity index (χ0) is 110. The number of carbonyl (C=O) groups is 7. The summed E-state index contributed by atoms with van der Waals surface area (Å²) in [5, 5.41) is 57.8. The molecular formula is C100H113BrCl2F2N16O24P4S. The van der Waals surface area contributed by atoms with Crippen LogP contribution in [-0.2, 0) is 106 Å². The molecule has 15 N–H and O–H groups in total. The molecule has 8 aliphatic heterocycles. The highest BCUT2D eigenvalue weighted by Crippen LogP contribution is 2.58. The highest BCUT2D eigenvalue weighted by Gasteiger charge is 2.55. The van der Waals surface area contributed by atoms with Crippen LogP contribution in [0.15, 0.2) is 233 Å². The third-order valence-corrected chi connectivity index (χ3v) is 33.6. The number of nitrogens with two attached hydrogens (primary N) is 3. The average molecular weight is 2270 g/mol. The van der Waals surface area contributed by atoms with Gasteiger partial charge >= 0.3 is 30.1 Å². The summed E-state index contributed by atoms with van der Waals surface area (Å²) in [6.07, 6.45) is 0.987. The number of hydrogen-bond acceptors (Lipinski definition) is 28. The van der Waals surface area contributed by atoms with Crippen molar-refractivity contribution in [1.82, 2.24) is 19.6 Å². The predicted molar refractivity (Wildman–Crippen MR) is 571 cm³/mol. The molecule has 16 rings (SSSR count). The zero-order valence-electron chi connectivity index (χ0n) is 84.4. The first kappa shape index (κ1) is 114. The Balaban J connectivity index is 0.000000167. The number of sulfonamides is 1. The molecule has 0 aromatic heterocycles. The molecule has 8 aliphatic rings. The number of ether oxygens (including phenoxy) is 3. The Hall–Kier alpha value is -13.1. The lowest BCUT2D eigenvalue weighted by Crippen LogP contribution is -2.43. The number of nitrogens with zero attached hydrogens (tertiary/aromatic N) is 8. The number of aliphatic hydroxyl groups excluding tert-OH is 4. The number of rotatable bonds is 28. The first-order valence-corrected chi connectivity index (χ1v) is 56.0. The fourth-order valence-corrected chi connectivity index (χ4v) is 25.7. The Morgan fingerprint density at radius 1 is 0.420 bits per heavy atom. The van der Waals surface area contributed by atoms with E-state index in [9.17, 15) is 89.4 Å². The van der Waals surface area contributed by atoms with E-state index in [2.05, 4.69) is 61.0 Å². The van der Waals surface area contributed by atoms with E-state index >= 15 is 0 Å². The molecule has 0 bridgehead atoms. The van der Waals surface area contributed by atoms with Gasteiger partial charge in [0.05, 0.1) is 91.0 Å². The summed E-state index contributed by atoms with van der Waals surface area (Å²) in [4.78, 5) is 94.2. The van der Waals surface area contributed by atoms with Crippen molar-refractivity contribution in [1.29, 1.82) is 0 Å². The summed E-state index contributed by atoms with van der Waals surface area (Å²) in [6.45, 7) is 23.8. The Kier molecular flexibility index (Phi) is 33.8. The van der Waals surface area contributed by atoms with Gasteiger partial charge in [-0.05, 0) is 160 Å². The lowest BCUT2D eigenvalue weighted by molar-refractivity contribution is -0.129. The monoisotopic (exact) mass is 2260 g/mol. The van der Waals surface area contributed by atoms with Crippen LogP contribution in [0.25, 0.3) is 0 Å². The molecule has 8 atom stereocenters. The summed E-state index contributed by atoms with van der Waals surface area (Å²) in [7, 11) is -15.5. The van der Waals surface area contributed by atoms with Crippen LogP contribution in [0.4, 0.5) is 37.2 Å². The highest BCUT2D eigenvalue weighted by atomic mass is 79.9. The van der Waals surface area contributed by atoms with E-state index in [1.54, 1.807) is 41.0 Å². The van der Waals surface area contributed by atoms with E-state index in [4.69, 9.17) is 72.7 Å². The van der Waals surface area contributed by atoms with E-state index in [0.29, 0.717) is 28.2 Å². The summed E-state index contributed by atoms with van der Waals surface area (Å²) in [5.74, 6) is -5.66. The number of nitrogens with one attached hydrogen (secondary N) is 5. The molecule has 8 aromatic rings. The quantitative estimate of drug-likeness (QED) is 0.0203. The van der Waals surface area contributed by atoms with Crippen LogP contribution in [0.3, 0.4) is 0 Å². The standard InChI is InChI=1S/C25H28BrN4O6P.C25H29ClFN4O6PS.C25H27ClFN4O6P.C25H29N4O6P/c1-25(2,3)22-21(32)20(24(33)30(22)12-14-6-5-7-15(26)10-14)23-28-17-9-8-16(36-13-19(27)31)11-18(17)37(34,29-23)35-4;1-6-37-38(34)19-12-15(30-39(5,35)36)8-10-18(19)28-23(29-38)20-21(32)22(25(2,3)4)31(24(20)33)13-14-7-9-17(27)16(26)11-14;1-25(2,3)22-21(33)20(24(34)31(22)11-13-5-7-16(27)15(26)9-13)23-29-17-8-6-14(37-12-19(28)32)10-18(17)38(35,30-23)36-4;1-25(2,3)22-21(31)20(24(32)29(22)13-15-8-6-5-7-9-15)23-27-17-11-10-16(35-14-19(26)30)12-18(17)36(33,28-23)34-4/h5-11,22,32H,12-13H2,1-4H3,(H2,27,31)(H,28,29,34);7-12,22,30,32H,6,13H2,1-5H3,(H,28,29,34);5-10,22,33H,11-12H2,1-4H3,(H2,28,32)(H,29,30,35);5-12,22,31H,13-14H2,1-4H3,(H2,26,30)(H,27,28,33). The molecule has 8 unspecified atom stereocenters. The average Bonchev–Trinajstić information content (AvgIpc) is 1.59. The van der Waals surface area contributed by atoms with Gasteiger partial charge in [-0.25, -0.2) is 17.2 Å². The molecule has 0 fully saturated rings. The fourth-order valence-electron chi connectivity index (χ4n) is 17.9. The van der Waals surface area contributed by atoms with Crippen molar-refractivity contribution in [2.75, 3.05) is 80.0 Å². The van der Waals surface area contributed by atoms with E-state index < -0.39 is 139 Å². The van der Waals surface area contributed by atoms with Gasteiger partial charge in [0.1, 0.15) is 74.2 Å². The van der Waals surface area contributed by atoms with Crippen LogP contribution < -0.4 is 78.6 Å². The maximum atomic E-state index is 14.0. The molecule has 8 heterocycles. The Morgan fingerprint density at radius 2 is 0.707 bits per heavy atom. The van der Waals surface area contributed by atoms with Crippen molar-refractivity contribution in [3.8, 4) is 17.2 Å². The number of anilines is 5. The van der Waals surface area contributed by atoms with Crippen molar-refractivity contribution in [2.24, 2.45) is 57.9 Å². The zero-order valence-corrected chi connectivity index (χ0v) is 91.9. The number of halogens is 5. The van der Waals surface area contributed by atoms with Crippen molar-refractivity contribution in [3.63, 3.8) is 0 Å². The van der Waals surface area contributed by atoms with Crippen molar-refractivity contribution >= 4 is 194 Å². The van der Waals surface area contributed by atoms with Crippen LogP contribution in [0.5, 0.6) is 17.2 Å². The molecule has 7 amide bonds. The number of hydrogen-bond donors (Lipinski definition) is 12. The molecule has 8 aromatic carbocycles. The number of carbonyl (C=O) groups excluding carboxylic acids is 7. The first-order chi connectivity index (χ1) is 70.1. The fraction of sp³-hybridized carbons (Fsp3) is 0.330. The number of amides is 7. The van der Waals surface area contributed by atoms with Gasteiger partial charge in [-0.1, -0.05) is 177 Å². The van der Waals surface area contributed by atoms with Gasteiger partial charge in [0, 0.05) is 57.7 Å². The second-order valence-corrected chi connectivity index (χ2v) is 51.4. The first-order valence-electron chi connectivity index (χ1n) is 46.2. The largest absolute Gasteiger partial charge is 0.509 e. The molecule has 0 saturated heterocycles. The third-order valence-electron chi connectivity index (χ3n) is 24.1. The van der Waals surface area contributed by atoms with E-state index in [1.807, 2.05) is 138 Å². The van der Waals surface area contributed by atoms with Crippen LogP contribution in [0.2, 0.25) is 10.0 Å². The van der Waals surface area contributed by atoms with Crippen molar-refractivity contribution in [2.45, 2.75) is 140 Å². The number of fused-ring (bicyclic) bond motifs is 4. The van der Waals surface area contributed by atoms with E-state index in [1.165, 1.54) is 116 Å². The topological polar surface area (TPSA) is 568 Å². The molecule has 150 heavy (non-hydrogen) atoms. The minimum absolute atomic E-state index is 0.0122. The maximum Gasteiger partial charge on any atom is 0.348 e. The van der Waals surface area contributed by atoms with Gasteiger partial charge in [-0.3, -0.25) is 56.5 Å². The van der Waals surface area contributed by atoms with Gasteiger partial charge in [0.25, 0.3) is 41.4 Å². The van der Waals surface area contributed by atoms with E-state index in [0.717, 1.165) is 21.9 Å². The van der Waals surface area contributed by atoms with E-state index in [-0.39, 0.29) is 181 Å². The Bertz CT molecular complexity index is 7430. The number of amidine groups is 4. The minimum Gasteiger partial charge on any atom is -0.509 e. The normalized spacial score (nSPS) is 21.5. The van der Waals surface area contributed by atoms with Gasteiger partial charge in [-0.2, -0.15) is 19.1 Å². The van der Waals surface area contributed by atoms with Crippen LogP contribution in [0, 0.1) is 33.3 Å². The molecule has 0 spiro atoms. The van der Waals surface area contributed by atoms with Crippen molar-refractivity contribution in [3.05, 3.63) is 258 Å². The summed E-state index contributed by atoms with van der Waals surface area (Å²) in [5.41, 5.74) is 17.1. The lowest BCUT2D eigenvalue weighted by Gasteiger charge is -2.35. The SMILES string of the molecule is CCOP1(=O)N=C(C2=C(O)C(C(C)(C)C)N(Cc3ccc(F)c(Cl)c3)C2=O)Nc2ccc(NS(C)(=O)=O)cc21.COP1(=O)N=C(C2=C(O)C(C(C)(C)C)N(Cc3ccc(F)c(Cl)c3)C2=O)Nc2ccc(OCC(N)=O)cc21.COP1(=O)N=C(C2=C(O)C(C(C)(C)C)N(Cc3cccc(Br)c3)C2=O)Nc2ccc(OCC(N)=O)cc21.COP1(=O)N=C(C2=C(O)C(C(C)(C)C)N(Cc3ccccc3)C2=O)Nc2ccc(OCC(N)=O)cc21. The third kappa shape index (κ3) is 24.9. The molecule has 0 saturated carbocycles. The predicted octanol–water partition coefficient (Wildman–Crippen LogP) is 15.7. The Labute approximate surface area is 882 Å². The maximum absolute atomic E-state index is 14.0. The number of benzene rings is 8. The van der Waals surface area contributed by atoms with Crippen molar-refractivity contribution < 1.29 is 122 Å². The lowest BCUT2D eigenvalue weighted by atomic mass is 9.85. The second-order valence-electron chi connectivity index (χ2n) is 39.7. The van der Waals surface area contributed by atoms with Gasteiger partial charge in [-0.15, -0.1) is 0 Å². The molecule has 40 nitrogen and oxygen atoms in total. The summed E-state index contributed by atoms with van der Waals surface area (Å²) in [6, 6.07) is 40.4.